The van der Waals surface area contributed by atoms with E-state index in [9.17, 15) is 0 Å². The van der Waals surface area contributed by atoms with Crippen LogP contribution in [0.25, 0.3) is 89.3 Å². The summed E-state index contributed by atoms with van der Waals surface area (Å²) >= 11 is 0. The molecule has 6 aromatic carbocycles. The molecule has 57 heavy (non-hydrogen) atoms. The van der Waals surface area contributed by atoms with Gasteiger partial charge in [0.05, 0.1) is 5.52 Å². The van der Waals surface area contributed by atoms with Gasteiger partial charge >= 0.3 is 0 Å². The van der Waals surface area contributed by atoms with E-state index in [1.165, 1.54) is 54.4 Å². The average Bonchev–Trinajstić information content (AvgIpc) is 3.78. The van der Waals surface area contributed by atoms with E-state index < -0.39 is 0 Å². The zero-order chi connectivity index (χ0) is 37.2. The van der Waals surface area contributed by atoms with E-state index in [2.05, 4.69) is 121 Å². The Morgan fingerprint density at radius 1 is 0.491 bits per heavy atom. The molecule has 0 saturated heterocycles. The van der Waals surface area contributed by atoms with Crippen molar-refractivity contribution in [3.05, 3.63) is 157 Å². The van der Waals surface area contributed by atoms with E-state index in [0.29, 0.717) is 23.5 Å². The van der Waals surface area contributed by atoms with Crippen LogP contribution in [0.2, 0.25) is 0 Å². The minimum atomic E-state index is -0.113. The molecule has 14 rings (SSSR count). The number of benzene rings is 6. The molecule has 0 amide bonds. The molecule has 4 bridgehead atoms. The maximum Gasteiger partial charge on any atom is 0.166 e. The summed E-state index contributed by atoms with van der Waals surface area (Å²) in [5.41, 5.74) is 13.5. The highest BCUT2D eigenvalue weighted by Crippen LogP contribution is 2.71. The third-order valence-corrected chi connectivity index (χ3v) is 14.2. The predicted molar refractivity (Wildman–Crippen MR) is 227 cm³/mol. The predicted octanol–water partition coefficient (Wildman–Crippen LogP) is 12.7. The number of hydrogen-bond acceptors (Lipinski definition) is 5. The normalized spacial score (nSPS) is 22.8. The fourth-order valence-electron chi connectivity index (χ4n) is 12.2. The molecular formula is C52H38N4O. The highest BCUT2D eigenvalue weighted by molar-refractivity contribution is 6.07. The number of aromatic nitrogens is 4. The summed E-state index contributed by atoms with van der Waals surface area (Å²) in [4.78, 5) is 21.3. The van der Waals surface area contributed by atoms with Crippen LogP contribution >= 0.6 is 0 Å². The molecule has 5 aliphatic carbocycles. The Morgan fingerprint density at radius 2 is 1.19 bits per heavy atom. The average molecular weight is 735 g/mol. The quantitative estimate of drug-likeness (QED) is 0.180. The molecule has 5 aliphatic rings. The Kier molecular flexibility index (Phi) is 6.55. The van der Waals surface area contributed by atoms with Gasteiger partial charge in [0.2, 0.25) is 0 Å². The molecule has 0 unspecified atom stereocenters. The van der Waals surface area contributed by atoms with E-state index in [4.69, 9.17) is 24.4 Å². The molecule has 1 spiro atoms. The van der Waals surface area contributed by atoms with Crippen LogP contribution < -0.4 is 0 Å². The Labute approximate surface area is 330 Å². The van der Waals surface area contributed by atoms with E-state index >= 15 is 0 Å². The topological polar surface area (TPSA) is 64.7 Å². The van der Waals surface area contributed by atoms with Crippen molar-refractivity contribution in [3.63, 3.8) is 0 Å². The highest BCUT2D eigenvalue weighted by atomic mass is 16.3. The highest BCUT2D eigenvalue weighted by Gasteiger charge is 2.62. The van der Waals surface area contributed by atoms with Gasteiger partial charge in [0.15, 0.2) is 17.5 Å². The number of fused-ring (bicyclic) bond motifs is 7. The van der Waals surface area contributed by atoms with Gasteiger partial charge < -0.3 is 4.42 Å². The van der Waals surface area contributed by atoms with E-state index in [-0.39, 0.29) is 5.41 Å². The fraction of sp³-hybridized carbons (Fsp3) is 0.192. The first kappa shape index (κ1) is 31.7. The summed E-state index contributed by atoms with van der Waals surface area (Å²) in [7, 11) is 0. The third-order valence-electron chi connectivity index (χ3n) is 14.2. The van der Waals surface area contributed by atoms with E-state index in [0.717, 1.165) is 78.3 Å². The van der Waals surface area contributed by atoms with Crippen LogP contribution in [0, 0.1) is 23.7 Å². The van der Waals surface area contributed by atoms with Crippen LogP contribution in [-0.2, 0) is 5.41 Å². The Bertz CT molecular complexity index is 3080. The number of para-hydroxylation sites is 2. The molecule has 4 saturated carbocycles. The van der Waals surface area contributed by atoms with Crippen LogP contribution in [0.3, 0.4) is 0 Å². The van der Waals surface area contributed by atoms with Crippen molar-refractivity contribution in [3.8, 4) is 56.4 Å². The number of furan rings is 1. The van der Waals surface area contributed by atoms with Gasteiger partial charge in [-0.2, -0.15) is 0 Å². The van der Waals surface area contributed by atoms with Crippen molar-refractivity contribution in [1.82, 2.24) is 19.9 Å². The lowest BCUT2D eigenvalue weighted by Gasteiger charge is -2.61. The van der Waals surface area contributed by atoms with Crippen molar-refractivity contribution >= 4 is 32.8 Å². The van der Waals surface area contributed by atoms with Gasteiger partial charge in [-0.15, -0.1) is 0 Å². The molecule has 5 heteroatoms. The van der Waals surface area contributed by atoms with Gasteiger partial charge in [-0.25, -0.2) is 15.0 Å². The molecule has 3 aromatic heterocycles. The van der Waals surface area contributed by atoms with Gasteiger partial charge in [-0.1, -0.05) is 109 Å². The molecule has 0 N–H and O–H groups in total. The number of hydrogen-bond donors (Lipinski definition) is 0. The van der Waals surface area contributed by atoms with Crippen LogP contribution in [0.1, 0.15) is 43.2 Å². The molecule has 4 fully saturated rings. The number of rotatable bonds is 4. The molecule has 5 nitrogen and oxygen atoms in total. The standard InChI is InChI=1S/C52H38N4O/c1-2-10-33(11-3-1)49-54-50(41-16-8-12-32-13-9-23-53-48(32)41)56-51(55-49)46-37(34-19-22-45-42(29-34)39-15-5-7-18-44(39)57-45)20-21-40-38-14-4-6-17-43(38)52(47(40)46)35-25-30-24-31(27-35)28-36(52)26-30/h1-23,29-31,35-36H,24-28H2. The smallest absolute Gasteiger partial charge is 0.166 e. The van der Waals surface area contributed by atoms with E-state index in [1.807, 2.05) is 24.4 Å². The summed E-state index contributed by atoms with van der Waals surface area (Å²) in [6.07, 6.45) is 8.41. The third kappa shape index (κ3) is 4.45. The summed E-state index contributed by atoms with van der Waals surface area (Å²) in [5, 5.41) is 3.30. The van der Waals surface area contributed by atoms with E-state index in [1.54, 1.807) is 0 Å². The molecule has 0 aliphatic heterocycles. The molecule has 272 valence electrons. The molecule has 9 aromatic rings. The summed E-state index contributed by atoms with van der Waals surface area (Å²) in [6, 6.07) is 49.9. The lowest BCUT2D eigenvalue weighted by atomic mass is 9.42. The van der Waals surface area contributed by atoms with Gasteiger partial charge in [0.1, 0.15) is 11.2 Å². The lowest BCUT2D eigenvalue weighted by Crippen LogP contribution is -2.55. The van der Waals surface area contributed by atoms with Gasteiger partial charge in [0.25, 0.3) is 0 Å². The van der Waals surface area contributed by atoms with Crippen LogP contribution in [-0.4, -0.2) is 19.9 Å². The molecule has 3 heterocycles. The Hall–Kier alpha value is -6.46. The minimum Gasteiger partial charge on any atom is -0.456 e. The summed E-state index contributed by atoms with van der Waals surface area (Å²) < 4.78 is 6.35. The van der Waals surface area contributed by atoms with Crippen molar-refractivity contribution in [2.45, 2.75) is 37.5 Å². The first-order chi connectivity index (χ1) is 28.2. The zero-order valence-corrected chi connectivity index (χ0v) is 31.4. The molecular weight excluding hydrogens is 697 g/mol. The number of nitrogens with zero attached hydrogens (tertiary/aromatic N) is 4. The van der Waals surface area contributed by atoms with Gasteiger partial charge in [0, 0.05) is 44.5 Å². The second kappa shape index (κ2) is 11.8. The van der Waals surface area contributed by atoms with Crippen LogP contribution in [0.4, 0.5) is 0 Å². The van der Waals surface area contributed by atoms with Crippen molar-refractivity contribution in [2.75, 3.05) is 0 Å². The first-order valence-corrected chi connectivity index (χ1v) is 20.6. The number of pyridine rings is 1. The second-order valence-electron chi connectivity index (χ2n) is 17.0. The zero-order valence-electron chi connectivity index (χ0n) is 31.4. The van der Waals surface area contributed by atoms with Crippen molar-refractivity contribution < 1.29 is 4.42 Å². The summed E-state index contributed by atoms with van der Waals surface area (Å²) in [6.45, 7) is 0. The Balaban J connectivity index is 1.16. The van der Waals surface area contributed by atoms with Crippen molar-refractivity contribution in [2.24, 2.45) is 23.7 Å². The minimum absolute atomic E-state index is 0.113. The maximum atomic E-state index is 6.35. The fourth-order valence-corrected chi connectivity index (χ4v) is 12.2. The lowest BCUT2D eigenvalue weighted by molar-refractivity contribution is -0.0397. The SMILES string of the molecule is c1ccc(-c2nc(-c3c(-c4ccc5oc6ccccc6c5c4)ccc4c3C3(c5ccccc5-4)C4CC5CC(C4)CC3C5)nc(-c3cccc4cccnc34)n2)cc1. The van der Waals surface area contributed by atoms with Gasteiger partial charge in [-0.05, 0) is 119 Å². The summed E-state index contributed by atoms with van der Waals surface area (Å²) in [5.74, 6) is 4.81. The second-order valence-corrected chi connectivity index (χ2v) is 17.0. The van der Waals surface area contributed by atoms with Gasteiger partial charge in [-0.3, -0.25) is 4.98 Å². The van der Waals surface area contributed by atoms with Crippen molar-refractivity contribution in [1.29, 1.82) is 0 Å². The van der Waals surface area contributed by atoms with Crippen LogP contribution in [0.15, 0.2) is 150 Å². The van der Waals surface area contributed by atoms with Crippen LogP contribution in [0.5, 0.6) is 0 Å². The monoisotopic (exact) mass is 734 g/mol. The Morgan fingerprint density at radius 3 is 2.07 bits per heavy atom. The molecule has 0 radical (unpaired) electrons. The first-order valence-electron chi connectivity index (χ1n) is 20.6. The molecule has 0 atom stereocenters. The maximum absolute atomic E-state index is 6.35. The largest absolute Gasteiger partial charge is 0.456 e.